The number of carbonyl (C=O) groups is 1. The Bertz CT molecular complexity index is 745. The average molecular weight is 397 g/mol. The van der Waals surface area contributed by atoms with Gasteiger partial charge < -0.3 is 5.32 Å². The number of sulfone groups is 1. The molecule has 122 valence electrons. The van der Waals surface area contributed by atoms with Crippen LogP contribution in [-0.2, 0) is 20.8 Å². The van der Waals surface area contributed by atoms with E-state index in [-0.39, 0.29) is 5.69 Å². The van der Waals surface area contributed by atoms with Crippen molar-refractivity contribution in [1.29, 1.82) is 0 Å². The fraction of sp³-hybridized carbons (Fsp3) is 0.182. The molecule has 0 spiro atoms. The Balaban J connectivity index is 3.14. The van der Waals surface area contributed by atoms with Crippen molar-refractivity contribution in [3.8, 4) is 0 Å². The smallest absolute Gasteiger partial charge is 0.321 e. The van der Waals surface area contributed by atoms with Crippen LogP contribution in [0.15, 0.2) is 27.6 Å². The minimum absolute atomic E-state index is 0.280. The first-order valence-electron chi connectivity index (χ1n) is 5.27. The summed E-state index contributed by atoms with van der Waals surface area (Å²) < 4.78 is 59.4. The summed E-state index contributed by atoms with van der Waals surface area (Å²) in [7, 11) is -3.93. The summed E-state index contributed by atoms with van der Waals surface area (Å²) in [4.78, 5) is 11.7. The Morgan fingerprint density at radius 3 is 2.23 bits per heavy atom. The van der Waals surface area contributed by atoms with Crippen LogP contribution in [0, 0.1) is 0 Å². The Hall–Kier alpha value is -0.960. The van der Waals surface area contributed by atoms with E-state index in [9.17, 15) is 26.4 Å². The van der Waals surface area contributed by atoms with Gasteiger partial charge in [0.05, 0.1) is 10.6 Å². The Morgan fingerprint density at radius 1 is 1.23 bits per heavy atom. The van der Waals surface area contributed by atoms with Crippen molar-refractivity contribution in [3.05, 3.63) is 38.2 Å². The second-order valence-corrected chi connectivity index (χ2v) is 7.35. The van der Waals surface area contributed by atoms with E-state index in [1.165, 1.54) is 0 Å². The summed E-state index contributed by atoms with van der Waals surface area (Å²) in [5.41, 5.74) is -1.45. The molecule has 0 fully saturated rings. The maximum atomic E-state index is 12.7. The number of anilines is 1. The van der Waals surface area contributed by atoms with Crippen LogP contribution in [0.25, 0.3) is 0 Å². The lowest BCUT2D eigenvalue weighted by Gasteiger charge is -2.11. The summed E-state index contributed by atoms with van der Waals surface area (Å²) >= 11 is 16.3. The van der Waals surface area contributed by atoms with E-state index in [0.717, 1.165) is 18.4 Å². The summed E-state index contributed by atoms with van der Waals surface area (Å²) in [6.45, 7) is 0. The van der Waals surface area contributed by atoms with Crippen molar-refractivity contribution >= 4 is 56.2 Å². The number of amides is 1. The maximum Gasteiger partial charge on any atom is 0.417 e. The van der Waals surface area contributed by atoms with E-state index < -0.39 is 41.9 Å². The fourth-order valence-corrected chi connectivity index (χ4v) is 2.45. The lowest BCUT2D eigenvalue weighted by molar-refractivity contribution is -0.137. The molecule has 1 N–H and O–H groups in total. The first kappa shape index (κ1) is 19.1. The number of halogens is 6. The Morgan fingerprint density at radius 2 is 1.77 bits per heavy atom. The average Bonchev–Trinajstić information content (AvgIpc) is 2.36. The number of alkyl halides is 3. The van der Waals surface area contributed by atoms with Crippen molar-refractivity contribution in [2.75, 3.05) is 11.6 Å². The minimum atomic E-state index is -4.72. The summed E-state index contributed by atoms with van der Waals surface area (Å²) in [6.07, 6.45) is -4.00. The van der Waals surface area contributed by atoms with E-state index in [1.807, 2.05) is 5.32 Å². The standard InChI is InChI=1S/C11H7Cl3F3NO3S/c1-22(20,21)9(14)8(13)10(19)18-5-2-3-7(12)6(4-5)11(15,16)17/h2-4H,1H3,(H,18,19). The van der Waals surface area contributed by atoms with E-state index in [2.05, 4.69) is 0 Å². The highest BCUT2D eigenvalue weighted by atomic mass is 35.5. The molecule has 0 saturated carbocycles. The van der Waals surface area contributed by atoms with Gasteiger partial charge in [-0.2, -0.15) is 13.2 Å². The monoisotopic (exact) mass is 395 g/mol. The molecular weight excluding hydrogens is 390 g/mol. The topological polar surface area (TPSA) is 63.2 Å². The Kier molecular flexibility index (Phi) is 5.77. The van der Waals surface area contributed by atoms with E-state index in [1.54, 1.807) is 0 Å². The number of hydrogen-bond acceptors (Lipinski definition) is 3. The van der Waals surface area contributed by atoms with Crippen molar-refractivity contribution in [3.63, 3.8) is 0 Å². The molecule has 1 amide bonds. The second-order valence-electron chi connectivity index (χ2n) is 4.01. The number of hydrogen-bond donors (Lipinski definition) is 1. The van der Waals surface area contributed by atoms with Crippen molar-refractivity contribution < 1.29 is 26.4 Å². The molecule has 1 rings (SSSR count). The van der Waals surface area contributed by atoms with Gasteiger partial charge in [-0.25, -0.2) is 8.42 Å². The maximum absolute atomic E-state index is 12.7. The fourth-order valence-electron chi connectivity index (χ4n) is 1.26. The number of carbonyl (C=O) groups excluding carboxylic acids is 1. The van der Waals surface area contributed by atoms with Gasteiger partial charge in [0, 0.05) is 11.9 Å². The van der Waals surface area contributed by atoms with Crippen molar-refractivity contribution in [2.45, 2.75) is 6.18 Å². The van der Waals surface area contributed by atoms with Gasteiger partial charge in [0.1, 0.15) is 5.03 Å². The lowest BCUT2D eigenvalue weighted by Crippen LogP contribution is -2.15. The van der Waals surface area contributed by atoms with Crippen LogP contribution >= 0.6 is 34.8 Å². The van der Waals surface area contributed by atoms with Crippen LogP contribution in [0.5, 0.6) is 0 Å². The lowest BCUT2D eigenvalue weighted by atomic mass is 10.2. The van der Waals surface area contributed by atoms with Gasteiger partial charge in [0.15, 0.2) is 14.2 Å². The molecule has 11 heteroatoms. The van der Waals surface area contributed by atoms with Crippen LogP contribution in [0.1, 0.15) is 5.56 Å². The number of benzene rings is 1. The zero-order chi connectivity index (χ0) is 17.3. The zero-order valence-corrected chi connectivity index (χ0v) is 13.7. The summed E-state index contributed by atoms with van der Waals surface area (Å²) in [5.74, 6) is -1.17. The molecular formula is C11H7Cl3F3NO3S. The van der Waals surface area contributed by atoms with Crippen molar-refractivity contribution in [2.24, 2.45) is 0 Å². The van der Waals surface area contributed by atoms with Gasteiger partial charge >= 0.3 is 6.18 Å². The zero-order valence-electron chi connectivity index (χ0n) is 10.6. The van der Waals surface area contributed by atoms with Crippen LogP contribution in [0.3, 0.4) is 0 Å². The summed E-state index contributed by atoms with van der Waals surface area (Å²) in [5, 5.41) is 0.576. The molecule has 0 unspecified atom stereocenters. The quantitative estimate of drug-likeness (QED) is 0.786. The van der Waals surface area contributed by atoms with Gasteiger partial charge in [-0.15, -0.1) is 0 Å². The van der Waals surface area contributed by atoms with Crippen LogP contribution in [0.4, 0.5) is 18.9 Å². The molecule has 0 atom stereocenters. The van der Waals surface area contributed by atoms with E-state index in [4.69, 9.17) is 34.8 Å². The molecule has 0 aromatic heterocycles. The minimum Gasteiger partial charge on any atom is -0.321 e. The van der Waals surface area contributed by atoms with Crippen LogP contribution < -0.4 is 5.32 Å². The highest BCUT2D eigenvalue weighted by Crippen LogP contribution is 2.36. The second kappa shape index (κ2) is 6.66. The van der Waals surface area contributed by atoms with Crippen LogP contribution in [-0.4, -0.2) is 20.6 Å². The van der Waals surface area contributed by atoms with Gasteiger partial charge in [-0.3, -0.25) is 4.79 Å². The van der Waals surface area contributed by atoms with E-state index >= 15 is 0 Å². The molecule has 0 aliphatic heterocycles. The SMILES string of the molecule is CS(=O)(=O)C(Cl)=C(Cl)C(=O)Nc1ccc(Cl)c(C(F)(F)F)c1. The molecule has 0 heterocycles. The molecule has 1 aromatic carbocycles. The van der Waals surface area contributed by atoms with Crippen molar-refractivity contribution in [1.82, 2.24) is 0 Å². The molecule has 0 aliphatic rings. The highest BCUT2D eigenvalue weighted by Gasteiger charge is 2.33. The van der Waals surface area contributed by atoms with Gasteiger partial charge in [-0.1, -0.05) is 34.8 Å². The van der Waals surface area contributed by atoms with Crippen LogP contribution in [0.2, 0.25) is 5.02 Å². The molecule has 0 aliphatic carbocycles. The van der Waals surface area contributed by atoms with Gasteiger partial charge in [0.25, 0.3) is 5.91 Å². The molecule has 1 aromatic rings. The van der Waals surface area contributed by atoms with Gasteiger partial charge in [0.2, 0.25) is 0 Å². The first-order valence-corrected chi connectivity index (χ1v) is 8.30. The number of nitrogens with one attached hydrogen (secondary N) is 1. The molecule has 22 heavy (non-hydrogen) atoms. The highest BCUT2D eigenvalue weighted by molar-refractivity contribution is 7.96. The Labute approximate surface area is 138 Å². The molecule has 0 saturated heterocycles. The normalized spacial score (nSPS) is 13.6. The number of rotatable bonds is 3. The predicted molar refractivity (Wildman–Crippen MR) is 78.7 cm³/mol. The first-order chi connectivity index (χ1) is 9.84. The predicted octanol–water partition coefficient (Wildman–Crippen LogP) is 3.99. The van der Waals surface area contributed by atoms with Gasteiger partial charge in [-0.05, 0) is 18.2 Å². The third-order valence-electron chi connectivity index (χ3n) is 2.23. The molecule has 0 bridgehead atoms. The third-order valence-corrected chi connectivity index (χ3v) is 5.01. The molecule has 0 radical (unpaired) electrons. The largest absolute Gasteiger partial charge is 0.417 e. The van der Waals surface area contributed by atoms with E-state index in [0.29, 0.717) is 6.07 Å². The summed E-state index contributed by atoms with van der Waals surface area (Å²) in [6, 6.07) is 2.60. The molecule has 4 nitrogen and oxygen atoms in total. The third kappa shape index (κ3) is 4.77.